The first kappa shape index (κ1) is 13.7. The first-order valence-corrected chi connectivity index (χ1v) is 6.06. The smallest absolute Gasteiger partial charge is 0.405 e. The first-order valence-electron chi connectivity index (χ1n) is 5.26. The molecule has 0 aliphatic heterocycles. The summed E-state index contributed by atoms with van der Waals surface area (Å²) in [6, 6.07) is 10.8. The molecule has 2 nitrogen and oxygen atoms in total. The SMILES string of the molecule is Nc1cc(Br)cc(-c2ccccc2OC(F)(F)F)c1. The third-order valence-corrected chi connectivity index (χ3v) is 2.80. The Hall–Kier alpha value is -1.69. The molecule has 0 bridgehead atoms. The lowest BCUT2D eigenvalue weighted by molar-refractivity contribution is -0.274. The number of anilines is 1. The van der Waals surface area contributed by atoms with Crippen LogP contribution in [0.3, 0.4) is 0 Å². The van der Waals surface area contributed by atoms with Crippen molar-refractivity contribution >= 4 is 21.6 Å². The van der Waals surface area contributed by atoms with Gasteiger partial charge >= 0.3 is 6.36 Å². The van der Waals surface area contributed by atoms with Crippen molar-refractivity contribution in [2.45, 2.75) is 6.36 Å². The normalized spacial score (nSPS) is 11.4. The molecule has 0 aromatic heterocycles. The summed E-state index contributed by atoms with van der Waals surface area (Å²) in [5.41, 5.74) is 7.01. The molecule has 0 heterocycles. The highest BCUT2D eigenvalue weighted by Crippen LogP contribution is 2.35. The first-order chi connectivity index (χ1) is 8.85. The van der Waals surface area contributed by atoms with E-state index in [4.69, 9.17) is 5.73 Å². The number of hydrogen-bond donors (Lipinski definition) is 1. The number of para-hydroxylation sites is 1. The molecule has 0 aliphatic rings. The molecule has 0 fully saturated rings. The molecule has 6 heteroatoms. The van der Waals surface area contributed by atoms with Gasteiger partial charge in [-0.2, -0.15) is 0 Å². The average molecular weight is 332 g/mol. The van der Waals surface area contributed by atoms with E-state index in [9.17, 15) is 13.2 Å². The van der Waals surface area contributed by atoms with E-state index in [1.54, 1.807) is 30.3 Å². The van der Waals surface area contributed by atoms with Gasteiger partial charge in [0.15, 0.2) is 0 Å². The van der Waals surface area contributed by atoms with Crippen LogP contribution < -0.4 is 10.5 Å². The zero-order chi connectivity index (χ0) is 14.0. The molecule has 0 aliphatic carbocycles. The van der Waals surface area contributed by atoms with Crippen LogP contribution in [-0.4, -0.2) is 6.36 Å². The fraction of sp³-hybridized carbons (Fsp3) is 0.0769. The number of alkyl halides is 3. The quantitative estimate of drug-likeness (QED) is 0.816. The number of hydrogen-bond acceptors (Lipinski definition) is 2. The number of ether oxygens (including phenoxy) is 1. The molecule has 0 atom stereocenters. The Balaban J connectivity index is 2.50. The van der Waals surface area contributed by atoms with E-state index in [1.807, 2.05) is 0 Å². The van der Waals surface area contributed by atoms with Crippen molar-refractivity contribution in [3.05, 3.63) is 46.9 Å². The van der Waals surface area contributed by atoms with Gasteiger partial charge in [-0.05, 0) is 29.8 Å². The summed E-state index contributed by atoms with van der Waals surface area (Å²) in [7, 11) is 0. The molecule has 2 aromatic rings. The van der Waals surface area contributed by atoms with Gasteiger partial charge in [-0.1, -0.05) is 34.1 Å². The molecule has 0 saturated heterocycles. The summed E-state index contributed by atoms with van der Waals surface area (Å²) in [5, 5.41) is 0. The number of halogens is 4. The van der Waals surface area contributed by atoms with E-state index in [0.29, 0.717) is 21.3 Å². The van der Waals surface area contributed by atoms with E-state index in [-0.39, 0.29) is 5.75 Å². The monoisotopic (exact) mass is 331 g/mol. The van der Waals surface area contributed by atoms with Crippen molar-refractivity contribution < 1.29 is 17.9 Å². The largest absolute Gasteiger partial charge is 0.573 e. The Bertz CT molecular complexity index is 578. The summed E-state index contributed by atoms with van der Waals surface area (Å²) in [4.78, 5) is 0. The highest BCUT2D eigenvalue weighted by molar-refractivity contribution is 9.10. The van der Waals surface area contributed by atoms with Crippen LogP contribution in [0.15, 0.2) is 46.9 Å². The molecule has 0 spiro atoms. The molecule has 0 amide bonds. The number of benzene rings is 2. The third-order valence-electron chi connectivity index (χ3n) is 2.34. The molecule has 2 rings (SSSR count). The van der Waals surface area contributed by atoms with Crippen LogP contribution in [-0.2, 0) is 0 Å². The van der Waals surface area contributed by atoms with Crippen molar-refractivity contribution in [3.63, 3.8) is 0 Å². The lowest BCUT2D eigenvalue weighted by Gasteiger charge is -2.13. The molecular weight excluding hydrogens is 323 g/mol. The van der Waals surface area contributed by atoms with E-state index in [2.05, 4.69) is 20.7 Å². The fourth-order valence-electron chi connectivity index (χ4n) is 1.69. The van der Waals surface area contributed by atoms with Crippen LogP contribution in [0.2, 0.25) is 0 Å². The predicted octanol–water partition coefficient (Wildman–Crippen LogP) is 4.60. The third kappa shape index (κ3) is 3.64. The van der Waals surface area contributed by atoms with E-state index in [0.717, 1.165) is 0 Å². The second kappa shape index (κ2) is 5.13. The van der Waals surface area contributed by atoms with E-state index >= 15 is 0 Å². The van der Waals surface area contributed by atoms with Gasteiger partial charge in [0, 0.05) is 15.7 Å². The molecule has 0 saturated carbocycles. The van der Waals surface area contributed by atoms with E-state index in [1.165, 1.54) is 12.1 Å². The highest BCUT2D eigenvalue weighted by atomic mass is 79.9. The summed E-state index contributed by atoms with van der Waals surface area (Å²) in [5.74, 6) is -0.257. The van der Waals surface area contributed by atoms with Gasteiger partial charge in [-0.25, -0.2) is 0 Å². The zero-order valence-corrected chi connectivity index (χ0v) is 11.1. The summed E-state index contributed by atoms with van der Waals surface area (Å²) < 4.78 is 41.7. The minimum absolute atomic E-state index is 0.257. The Labute approximate surface area is 116 Å². The number of rotatable bonds is 2. The Kier molecular flexibility index (Phi) is 3.71. The average Bonchev–Trinajstić information content (AvgIpc) is 2.26. The zero-order valence-electron chi connectivity index (χ0n) is 9.54. The fourth-order valence-corrected chi connectivity index (χ4v) is 2.20. The molecule has 2 N–H and O–H groups in total. The molecule has 0 radical (unpaired) electrons. The minimum atomic E-state index is -4.73. The summed E-state index contributed by atoms with van der Waals surface area (Å²) in [6.07, 6.45) is -4.73. The van der Waals surface area contributed by atoms with Crippen LogP contribution in [0, 0.1) is 0 Å². The van der Waals surface area contributed by atoms with Crippen LogP contribution in [0.5, 0.6) is 5.75 Å². The van der Waals surface area contributed by atoms with Crippen molar-refractivity contribution in [3.8, 4) is 16.9 Å². The maximum absolute atomic E-state index is 12.3. The standard InChI is InChI=1S/C13H9BrF3NO/c14-9-5-8(6-10(18)7-9)11-3-1-2-4-12(11)19-13(15,16)17/h1-7H,18H2. The molecule has 2 aromatic carbocycles. The van der Waals surface area contributed by atoms with Gasteiger partial charge in [0.2, 0.25) is 0 Å². The van der Waals surface area contributed by atoms with Gasteiger partial charge in [-0.3, -0.25) is 0 Å². The van der Waals surface area contributed by atoms with Crippen LogP contribution in [0.25, 0.3) is 11.1 Å². The molecule has 19 heavy (non-hydrogen) atoms. The predicted molar refractivity (Wildman–Crippen MR) is 70.7 cm³/mol. The molecule has 0 unspecified atom stereocenters. The highest BCUT2D eigenvalue weighted by Gasteiger charge is 2.32. The maximum atomic E-state index is 12.3. The topological polar surface area (TPSA) is 35.2 Å². The maximum Gasteiger partial charge on any atom is 0.573 e. The second-order valence-electron chi connectivity index (χ2n) is 3.82. The lowest BCUT2D eigenvalue weighted by Crippen LogP contribution is -2.17. The van der Waals surface area contributed by atoms with Crippen molar-refractivity contribution in [2.75, 3.05) is 5.73 Å². The molecule has 100 valence electrons. The van der Waals surface area contributed by atoms with Gasteiger partial charge < -0.3 is 10.5 Å². The van der Waals surface area contributed by atoms with Crippen molar-refractivity contribution in [1.29, 1.82) is 0 Å². The van der Waals surface area contributed by atoms with Crippen LogP contribution in [0.4, 0.5) is 18.9 Å². The second-order valence-corrected chi connectivity index (χ2v) is 4.73. The van der Waals surface area contributed by atoms with Gasteiger partial charge in [0.05, 0.1) is 0 Å². The van der Waals surface area contributed by atoms with Crippen LogP contribution >= 0.6 is 15.9 Å². The van der Waals surface area contributed by atoms with Crippen LogP contribution in [0.1, 0.15) is 0 Å². The van der Waals surface area contributed by atoms with E-state index < -0.39 is 6.36 Å². The van der Waals surface area contributed by atoms with Gasteiger partial charge in [-0.15, -0.1) is 13.2 Å². The summed E-state index contributed by atoms with van der Waals surface area (Å²) in [6.45, 7) is 0. The van der Waals surface area contributed by atoms with Crippen molar-refractivity contribution in [2.24, 2.45) is 0 Å². The molecular formula is C13H9BrF3NO. The Morgan fingerprint density at radius 2 is 1.74 bits per heavy atom. The van der Waals surface area contributed by atoms with Gasteiger partial charge in [0.25, 0.3) is 0 Å². The number of nitrogen functional groups attached to an aromatic ring is 1. The number of nitrogens with two attached hydrogens (primary N) is 1. The van der Waals surface area contributed by atoms with Gasteiger partial charge in [0.1, 0.15) is 5.75 Å². The minimum Gasteiger partial charge on any atom is -0.405 e. The lowest BCUT2D eigenvalue weighted by atomic mass is 10.0. The Morgan fingerprint density at radius 3 is 2.37 bits per heavy atom. The Morgan fingerprint density at radius 1 is 1.05 bits per heavy atom. The van der Waals surface area contributed by atoms with Crippen molar-refractivity contribution in [1.82, 2.24) is 0 Å². The summed E-state index contributed by atoms with van der Waals surface area (Å²) >= 11 is 3.25.